The van der Waals surface area contributed by atoms with E-state index in [1.165, 1.54) is 13.8 Å². The number of nitrogens with one attached hydrogen (secondary N) is 1. The summed E-state index contributed by atoms with van der Waals surface area (Å²) in [7, 11) is 0. The molecule has 9 nitrogen and oxygen atoms in total. The molecule has 3 rings (SSSR count). The zero-order valence-corrected chi connectivity index (χ0v) is 19.2. The number of rotatable bonds is 10. The van der Waals surface area contributed by atoms with Crippen LogP contribution in [-0.2, 0) is 41.8 Å². The molecule has 34 heavy (non-hydrogen) atoms. The molecular formula is C25H31NO8. The molecule has 9 heteroatoms. The van der Waals surface area contributed by atoms with Crippen molar-refractivity contribution in [1.29, 1.82) is 0 Å². The number of amides is 1. The van der Waals surface area contributed by atoms with Crippen molar-refractivity contribution >= 4 is 11.9 Å². The lowest BCUT2D eigenvalue weighted by Crippen LogP contribution is -2.65. The van der Waals surface area contributed by atoms with E-state index in [0.717, 1.165) is 11.1 Å². The molecule has 1 heterocycles. The van der Waals surface area contributed by atoms with Gasteiger partial charge in [0.15, 0.2) is 12.4 Å². The first-order chi connectivity index (χ1) is 16.3. The molecule has 0 unspecified atom stereocenters. The van der Waals surface area contributed by atoms with Crippen LogP contribution in [0.4, 0.5) is 0 Å². The minimum absolute atomic E-state index is 0.0351. The second-order valence-electron chi connectivity index (χ2n) is 8.12. The van der Waals surface area contributed by atoms with Crippen LogP contribution in [0.5, 0.6) is 0 Å². The summed E-state index contributed by atoms with van der Waals surface area (Å²) in [5, 5.41) is 23.9. The molecule has 0 bridgehead atoms. The molecule has 2 aromatic carbocycles. The number of aliphatic hydroxyl groups is 2. The standard InChI is InChI=1S/C25H31NO8/c1-16(24(29)32-14-19-11-7-4-8-12-19)33-23-21(26-17(2)27)25(30)34-20(22(23)28)15-31-13-18-9-5-3-6-10-18/h3-12,16,20-23,25,28,30H,13-15H2,1-2H3,(H,26,27)/t16-,20-,21-,22-,23-,25+/m1/s1. The monoisotopic (exact) mass is 473 g/mol. The molecule has 184 valence electrons. The molecule has 0 radical (unpaired) electrons. The Labute approximate surface area is 198 Å². The Bertz CT molecular complexity index is 910. The van der Waals surface area contributed by atoms with Crippen molar-refractivity contribution in [3.63, 3.8) is 0 Å². The van der Waals surface area contributed by atoms with Gasteiger partial charge >= 0.3 is 5.97 Å². The van der Waals surface area contributed by atoms with Crippen LogP contribution in [0.1, 0.15) is 25.0 Å². The second kappa shape index (κ2) is 12.6. The van der Waals surface area contributed by atoms with Gasteiger partial charge in [0.05, 0.1) is 13.2 Å². The van der Waals surface area contributed by atoms with Crippen molar-refractivity contribution in [2.75, 3.05) is 6.61 Å². The van der Waals surface area contributed by atoms with Gasteiger partial charge in [-0.15, -0.1) is 0 Å². The van der Waals surface area contributed by atoms with Gasteiger partial charge in [-0.1, -0.05) is 60.7 Å². The van der Waals surface area contributed by atoms with Crippen LogP contribution in [0.15, 0.2) is 60.7 Å². The molecule has 0 saturated carbocycles. The molecule has 3 N–H and O–H groups in total. The maximum atomic E-state index is 12.5. The molecule has 2 aromatic rings. The third kappa shape index (κ3) is 7.34. The molecule has 0 spiro atoms. The van der Waals surface area contributed by atoms with Gasteiger partial charge in [-0.05, 0) is 18.1 Å². The topological polar surface area (TPSA) is 124 Å². The molecule has 1 saturated heterocycles. The van der Waals surface area contributed by atoms with Crippen molar-refractivity contribution in [2.45, 2.75) is 63.8 Å². The van der Waals surface area contributed by atoms with Crippen LogP contribution < -0.4 is 5.32 Å². The Morgan fingerprint density at radius 1 is 1.00 bits per heavy atom. The number of ether oxygens (including phenoxy) is 4. The number of benzene rings is 2. The summed E-state index contributed by atoms with van der Waals surface area (Å²) in [6, 6.07) is 17.5. The van der Waals surface area contributed by atoms with Crippen LogP contribution in [0, 0.1) is 0 Å². The van der Waals surface area contributed by atoms with E-state index in [1.54, 1.807) is 0 Å². The van der Waals surface area contributed by atoms with Crippen LogP contribution in [0.3, 0.4) is 0 Å². The van der Waals surface area contributed by atoms with E-state index >= 15 is 0 Å². The van der Waals surface area contributed by atoms with Gasteiger partial charge in [-0.2, -0.15) is 0 Å². The normalized spacial score (nSPS) is 25.4. The maximum Gasteiger partial charge on any atom is 0.335 e. The lowest BCUT2D eigenvalue weighted by atomic mass is 9.96. The van der Waals surface area contributed by atoms with Gasteiger partial charge in [0.25, 0.3) is 0 Å². The highest BCUT2D eigenvalue weighted by molar-refractivity contribution is 5.74. The number of hydrogen-bond donors (Lipinski definition) is 3. The average Bonchev–Trinajstić information content (AvgIpc) is 2.83. The van der Waals surface area contributed by atoms with Crippen molar-refractivity contribution in [3.8, 4) is 0 Å². The number of carbonyl (C=O) groups excluding carboxylic acids is 2. The summed E-state index contributed by atoms with van der Waals surface area (Å²) < 4.78 is 22.2. The van der Waals surface area contributed by atoms with E-state index in [4.69, 9.17) is 18.9 Å². The first-order valence-corrected chi connectivity index (χ1v) is 11.1. The zero-order chi connectivity index (χ0) is 24.5. The Balaban J connectivity index is 1.62. The number of aliphatic hydroxyl groups excluding tert-OH is 2. The highest BCUT2D eigenvalue weighted by Gasteiger charge is 2.47. The van der Waals surface area contributed by atoms with Crippen LogP contribution in [0.25, 0.3) is 0 Å². The van der Waals surface area contributed by atoms with Gasteiger partial charge < -0.3 is 34.5 Å². The number of carbonyl (C=O) groups is 2. The number of esters is 1. The smallest absolute Gasteiger partial charge is 0.335 e. The first kappa shape index (κ1) is 25.8. The predicted octanol–water partition coefficient (Wildman–Crippen LogP) is 1.30. The lowest BCUT2D eigenvalue weighted by molar-refractivity contribution is -0.270. The first-order valence-electron chi connectivity index (χ1n) is 11.1. The zero-order valence-electron chi connectivity index (χ0n) is 19.2. The summed E-state index contributed by atoms with van der Waals surface area (Å²) in [6.07, 6.45) is -5.93. The molecule has 1 amide bonds. The van der Waals surface area contributed by atoms with Crippen molar-refractivity contribution in [2.24, 2.45) is 0 Å². The number of hydrogen-bond acceptors (Lipinski definition) is 8. The highest BCUT2D eigenvalue weighted by Crippen LogP contribution is 2.25. The SMILES string of the molecule is CC(=O)N[C@@H]1[C@@H](O[C@H](C)C(=O)OCc2ccccc2)[C@H](O)[C@@H](COCc2ccccc2)O[C@@H]1O. The van der Waals surface area contributed by atoms with Gasteiger partial charge in [0.1, 0.15) is 31.0 Å². The van der Waals surface area contributed by atoms with Crippen molar-refractivity contribution < 1.29 is 38.7 Å². The predicted molar refractivity (Wildman–Crippen MR) is 121 cm³/mol. The fourth-order valence-corrected chi connectivity index (χ4v) is 3.63. The van der Waals surface area contributed by atoms with E-state index in [2.05, 4.69) is 5.32 Å². The minimum Gasteiger partial charge on any atom is -0.459 e. The largest absolute Gasteiger partial charge is 0.459 e. The third-order valence-corrected chi connectivity index (χ3v) is 5.37. The highest BCUT2D eigenvalue weighted by atomic mass is 16.6. The second-order valence-corrected chi connectivity index (χ2v) is 8.12. The van der Waals surface area contributed by atoms with Crippen molar-refractivity contribution in [1.82, 2.24) is 5.32 Å². The van der Waals surface area contributed by atoms with Gasteiger partial charge in [-0.25, -0.2) is 4.79 Å². The van der Waals surface area contributed by atoms with Crippen LogP contribution in [-0.4, -0.2) is 65.4 Å². The van der Waals surface area contributed by atoms with E-state index in [-0.39, 0.29) is 19.8 Å². The molecule has 0 aromatic heterocycles. The fourth-order valence-electron chi connectivity index (χ4n) is 3.63. The Morgan fingerprint density at radius 2 is 1.59 bits per heavy atom. The minimum atomic E-state index is -1.48. The quantitative estimate of drug-likeness (QED) is 0.441. The Hall–Kier alpha value is -2.82. The van der Waals surface area contributed by atoms with E-state index in [9.17, 15) is 19.8 Å². The molecule has 6 atom stereocenters. The van der Waals surface area contributed by atoms with E-state index in [0.29, 0.717) is 0 Å². The van der Waals surface area contributed by atoms with E-state index in [1.807, 2.05) is 60.7 Å². The summed E-state index contributed by atoms with van der Waals surface area (Å²) in [6.45, 7) is 3.06. The van der Waals surface area contributed by atoms with Gasteiger partial charge in [-0.3, -0.25) is 4.79 Å². The lowest BCUT2D eigenvalue weighted by Gasteiger charge is -2.43. The van der Waals surface area contributed by atoms with Crippen LogP contribution in [0.2, 0.25) is 0 Å². The Morgan fingerprint density at radius 3 is 2.18 bits per heavy atom. The van der Waals surface area contributed by atoms with Gasteiger partial charge in [0, 0.05) is 6.92 Å². The van der Waals surface area contributed by atoms with Gasteiger partial charge in [0.2, 0.25) is 5.91 Å². The van der Waals surface area contributed by atoms with Crippen LogP contribution >= 0.6 is 0 Å². The maximum absolute atomic E-state index is 12.5. The average molecular weight is 474 g/mol. The Kier molecular flexibility index (Phi) is 9.55. The molecule has 1 aliphatic rings. The summed E-state index contributed by atoms with van der Waals surface area (Å²) in [5.41, 5.74) is 1.75. The third-order valence-electron chi connectivity index (χ3n) is 5.37. The molecular weight excluding hydrogens is 442 g/mol. The van der Waals surface area contributed by atoms with Crippen molar-refractivity contribution in [3.05, 3.63) is 71.8 Å². The molecule has 1 aliphatic heterocycles. The van der Waals surface area contributed by atoms with E-state index < -0.39 is 48.6 Å². The molecule has 1 fully saturated rings. The summed E-state index contributed by atoms with van der Waals surface area (Å²) in [4.78, 5) is 24.2. The summed E-state index contributed by atoms with van der Waals surface area (Å²) >= 11 is 0. The summed E-state index contributed by atoms with van der Waals surface area (Å²) in [5.74, 6) is -1.10. The molecule has 0 aliphatic carbocycles. The fraction of sp³-hybridized carbons (Fsp3) is 0.440.